The van der Waals surface area contributed by atoms with Gasteiger partial charge in [0.15, 0.2) is 0 Å². The molecule has 2 aromatic rings. The summed E-state index contributed by atoms with van der Waals surface area (Å²) in [5.74, 6) is 1.25. The second-order valence-electron chi connectivity index (χ2n) is 5.56. The summed E-state index contributed by atoms with van der Waals surface area (Å²) in [6, 6.07) is 14.5. The molecule has 0 radical (unpaired) electrons. The number of hydrogen-bond donors (Lipinski definition) is 1. The molecule has 0 aliphatic rings. The summed E-state index contributed by atoms with van der Waals surface area (Å²) in [7, 11) is 1.58. The summed E-state index contributed by atoms with van der Waals surface area (Å²) in [6.07, 6.45) is 0.134. The van der Waals surface area contributed by atoms with Crippen LogP contribution in [0.25, 0.3) is 0 Å². The van der Waals surface area contributed by atoms with Crippen molar-refractivity contribution in [2.24, 2.45) is 5.10 Å². The third kappa shape index (κ3) is 4.84. The zero-order chi connectivity index (χ0) is 17.5. The van der Waals surface area contributed by atoms with E-state index in [4.69, 9.17) is 9.47 Å². The van der Waals surface area contributed by atoms with Gasteiger partial charge in [-0.1, -0.05) is 0 Å². The number of hydrogen-bond acceptors (Lipinski definition) is 4. The molecule has 0 unspecified atom stereocenters. The van der Waals surface area contributed by atoms with Crippen molar-refractivity contribution >= 4 is 11.6 Å². The van der Waals surface area contributed by atoms with Crippen LogP contribution in [0.15, 0.2) is 53.6 Å². The highest BCUT2D eigenvalue weighted by Gasteiger charge is 2.05. The molecular formula is C19H22N2O3. The Bertz CT molecular complexity index is 704. The zero-order valence-corrected chi connectivity index (χ0v) is 14.4. The van der Waals surface area contributed by atoms with Crippen LogP contribution >= 0.6 is 0 Å². The predicted octanol–water partition coefficient (Wildman–Crippen LogP) is 3.64. The van der Waals surface area contributed by atoms with Gasteiger partial charge in [0.1, 0.15) is 11.5 Å². The van der Waals surface area contributed by atoms with Crippen molar-refractivity contribution in [3.05, 3.63) is 59.7 Å². The van der Waals surface area contributed by atoms with Gasteiger partial charge < -0.3 is 9.47 Å². The Morgan fingerprint density at radius 2 is 1.50 bits per heavy atom. The first-order valence-electron chi connectivity index (χ1n) is 7.75. The van der Waals surface area contributed by atoms with Crippen LogP contribution in [0.5, 0.6) is 11.5 Å². The molecule has 5 nitrogen and oxygen atoms in total. The van der Waals surface area contributed by atoms with E-state index in [0.29, 0.717) is 17.0 Å². The van der Waals surface area contributed by atoms with Gasteiger partial charge in [0.25, 0.3) is 5.91 Å². The number of hydrazone groups is 1. The number of rotatable bonds is 6. The summed E-state index contributed by atoms with van der Waals surface area (Å²) in [5, 5.41) is 4.15. The Hall–Kier alpha value is -2.82. The highest BCUT2D eigenvalue weighted by Crippen LogP contribution is 2.14. The minimum Gasteiger partial charge on any atom is -0.497 e. The van der Waals surface area contributed by atoms with Crippen LogP contribution < -0.4 is 14.9 Å². The fourth-order valence-corrected chi connectivity index (χ4v) is 2.05. The lowest BCUT2D eigenvalue weighted by atomic mass is 10.1. The van der Waals surface area contributed by atoms with E-state index in [1.165, 1.54) is 0 Å². The summed E-state index contributed by atoms with van der Waals surface area (Å²) < 4.78 is 10.7. The normalized spacial score (nSPS) is 11.3. The van der Waals surface area contributed by atoms with Crippen LogP contribution in [0.1, 0.15) is 36.7 Å². The van der Waals surface area contributed by atoms with Gasteiger partial charge in [0.05, 0.1) is 18.9 Å². The van der Waals surface area contributed by atoms with Gasteiger partial charge in [-0.15, -0.1) is 0 Å². The van der Waals surface area contributed by atoms with E-state index >= 15 is 0 Å². The molecule has 1 amide bonds. The van der Waals surface area contributed by atoms with Crippen molar-refractivity contribution in [3.8, 4) is 11.5 Å². The predicted molar refractivity (Wildman–Crippen MR) is 94.9 cm³/mol. The maximum atomic E-state index is 12.1. The van der Waals surface area contributed by atoms with E-state index in [1.807, 2.05) is 45.0 Å². The molecule has 0 bridgehead atoms. The van der Waals surface area contributed by atoms with E-state index in [0.717, 1.165) is 11.3 Å². The molecule has 0 aromatic heterocycles. The minimum absolute atomic E-state index is 0.134. The van der Waals surface area contributed by atoms with Crippen molar-refractivity contribution in [1.29, 1.82) is 0 Å². The monoisotopic (exact) mass is 326 g/mol. The van der Waals surface area contributed by atoms with Crippen LogP contribution in [0.3, 0.4) is 0 Å². The molecule has 1 N–H and O–H groups in total. The quantitative estimate of drug-likeness (QED) is 0.651. The molecule has 0 atom stereocenters. The third-order valence-electron chi connectivity index (χ3n) is 3.32. The van der Waals surface area contributed by atoms with Crippen molar-refractivity contribution in [2.45, 2.75) is 26.9 Å². The molecule has 0 spiro atoms. The molecule has 0 saturated heterocycles. The zero-order valence-electron chi connectivity index (χ0n) is 14.4. The maximum absolute atomic E-state index is 12.1. The van der Waals surface area contributed by atoms with Crippen molar-refractivity contribution in [1.82, 2.24) is 5.43 Å². The van der Waals surface area contributed by atoms with Gasteiger partial charge in [-0.05, 0) is 74.9 Å². The van der Waals surface area contributed by atoms with E-state index in [2.05, 4.69) is 10.5 Å². The first kappa shape index (κ1) is 17.5. The molecule has 126 valence electrons. The molecule has 24 heavy (non-hydrogen) atoms. The van der Waals surface area contributed by atoms with E-state index < -0.39 is 0 Å². The van der Waals surface area contributed by atoms with Gasteiger partial charge in [0, 0.05) is 5.56 Å². The van der Waals surface area contributed by atoms with Gasteiger partial charge >= 0.3 is 0 Å². The lowest BCUT2D eigenvalue weighted by Gasteiger charge is -2.10. The number of methoxy groups -OCH3 is 1. The van der Waals surface area contributed by atoms with Crippen LogP contribution in [-0.2, 0) is 0 Å². The molecular weight excluding hydrogens is 304 g/mol. The van der Waals surface area contributed by atoms with E-state index in [-0.39, 0.29) is 12.0 Å². The first-order valence-corrected chi connectivity index (χ1v) is 7.75. The molecule has 5 heteroatoms. The fourth-order valence-electron chi connectivity index (χ4n) is 2.05. The average molecular weight is 326 g/mol. The number of ether oxygens (including phenoxy) is 2. The standard InChI is InChI=1S/C19H22N2O3/c1-13(2)24-18-11-5-15(6-12-18)14(3)20-21-19(22)16-7-9-17(23-4)10-8-16/h5-13H,1-4H3,(H,21,22)/b20-14-. The second-order valence-corrected chi connectivity index (χ2v) is 5.56. The summed E-state index contributed by atoms with van der Waals surface area (Å²) in [6.45, 7) is 5.80. The number of carbonyl (C=O) groups is 1. The van der Waals surface area contributed by atoms with Crippen molar-refractivity contribution in [2.75, 3.05) is 7.11 Å². The van der Waals surface area contributed by atoms with Gasteiger partial charge in [-0.25, -0.2) is 5.43 Å². The Labute approximate surface area is 142 Å². The van der Waals surface area contributed by atoms with Crippen LogP contribution in [0.4, 0.5) is 0 Å². The average Bonchev–Trinajstić information content (AvgIpc) is 2.59. The van der Waals surface area contributed by atoms with Crippen molar-refractivity contribution in [3.63, 3.8) is 0 Å². The largest absolute Gasteiger partial charge is 0.497 e. The summed E-state index contributed by atoms with van der Waals surface area (Å²) >= 11 is 0. The highest BCUT2D eigenvalue weighted by atomic mass is 16.5. The van der Waals surface area contributed by atoms with Gasteiger partial charge in [-0.3, -0.25) is 4.79 Å². The molecule has 2 rings (SSSR count). The fraction of sp³-hybridized carbons (Fsp3) is 0.263. The number of benzene rings is 2. The summed E-state index contributed by atoms with van der Waals surface area (Å²) in [4.78, 5) is 12.1. The number of amides is 1. The lowest BCUT2D eigenvalue weighted by Crippen LogP contribution is -2.19. The molecule has 0 saturated carbocycles. The van der Waals surface area contributed by atoms with Crippen molar-refractivity contribution < 1.29 is 14.3 Å². The smallest absolute Gasteiger partial charge is 0.271 e. The molecule has 0 fully saturated rings. The highest BCUT2D eigenvalue weighted by molar-refractivity contribution is 6.00. The topological polar surface area (TPSA) is 59.9 Å². The first-order chi connectivity index (χ1) is 11.5. The Morgan fingerprint density at radius 3 is 2.04 bits per heavy atom. The maximum Gasteiger partial charge on any atom is 0.271 e. The van der Waals surface area contributed by atoms with Crippen LogP contribution in [0, 0.1) is 0 Å². The minimum atomic E-state index is -0.267. The Morgan fingerprint density at radius 1 is 0.958 bits per heavy atom. The third-order valence-corrected chi connectivity index (χ3v) is 3.32. The number of nitrogens with zero attached hydrogens (tertiary/aromatic N) is 1. The molecule has 0 heterocycles. The molecule has 0 aliphatic carbocycles. The SMILES string of the molecule is COc1ccc(C(=O)N/N=C(/C)c2ccc(OC(C)C)cc2)cc1. The lowest BCUT2D eigenvalue weighted by molar-refractivity contribution is 0.0955. The number of nitrogens with one attached hydrogen (secondary N) is 1. The van der Waals surface area contributed by atoms with Crippen LogP contribution in [-0.4, -0.2) is 24.8 Å². The Kier molecular flexibility index (Phi) is 5.95. The molecule has 2 aromatic carbocycles. The van der Waals surface area contributed by atoms with Gasteiger partial charge in [0.2, 0.25) is 0 Å². The second kappa shape index (κ2) is 8.15. The number of carbonyl (C=O) groups excluding carboxylic acids is 1. The van der Waals surface area contributed by atoms with E-state index in [1.54, 1.807) is 31.4 Å². The Balaban J connectivity index is 2.00. The summed E-state index contributed by atoms with van der Waals surface area (Å²) in [5.41, 5.74) is 4.71. The van der Waals surface area contributed by atoms with E-state index in [9.17, 15) is 4.79 Å². The van der Waals surface area contributed by atoms with Crippen LogP contribution in [0.2, 0.25) is 0 Å². The molecule has 0 aliphatic heterocycles. The van der Waals surface area contributed by atoms with Gasteiger partial charge in [-0.2, -0.15) is 5.10 Å².